The van der Waals surface area contributed by atoms with Crippen molar-refractivity contribution in [2.24, 2.45) is 7.05 Å². The van der Waals surface area contributed by atoms with Crippen molar-refractivity contribution in [1.29, 1.82) is 0 Å². The fourth-order valence-corrected chi connectivity index (χ4v) is 3.71. The van der Waals surface area contributed by atoms with Gasteiger partial charge in [0.05, 0.1) is 24.4 Å². The van der Waals surface area contributed by atoms with E-state index in [2.05, 4.69) is 20.4 Å². The molecule has 3 aromatic heterocycles. The zero-order chi connectivity index (χ0) is 23.5. The van der Waals surface area contributed by atoms with Crippen LogP contribution in [0.25, 0.3) is 11.0 Å². The van der Waals surface area contributed by atoms with Crippen LogP contribution in [0, 0.1) is 19.7 Å². The van der Waals surface area contributed by atoms with Crippen molar-refractivity contribution < 1.29 is 18.7 Å². The van der Waals surface area contributed by atoms with Gasteiger partial charge >= 0.3 is 0 Å². The van der Waals surface area contributed by atoms with E-state index in [1.807, 2.05) is 20.9 Å². The average Bonchev–Trinajstić information content (AvgIpc) is 3.12. The van der Waals surface area contributed by atoms with Crippen LogP contribution in [0.15, 0.2) is 42.6 Å². The molecule has 0 saturated carbocycles. The lowest BCUT2D eigenvalue weighted by Crippen LogP contribution is -2.13. The smallest absolute Gasteiger partial charge is 0.242 e. The Morgan fingerprint density at radius 1 is 1.15 bits per heavy atom. The summed E-state index contributed by atoms with van der Waals surface area (Å²) < 4.78 is 25.7. The lowest BCUT2D eigenvalue weighted by Gasteiger charge is -2.11. The predicted octanol–water partition coefficient (Wildman–Crippen LogP) is 4.49. The standard InChI is InChI=1S/C24H24FN5O3/c1-14-19(15(2)27-23-22(14)24(32-4)29-30(23)3)10-11-20(31)28-17-7-12-21(26-13-17)33-18-8-5-16(25)6-9-18/h5-9,12-13H,10-11H2,1-4H3,(H,28,31). The molecule has 1 aromatic carbocycles. The number of hydrogen-bond donors (Lipinski definition) is 1. The molecular formula is C24H24FN5O3. The molecule has 0 atom stereocenters. The summed E-state index contributed by atoms with van der Waals surface area (Å²) in [6, 6.07) is 9.00. The number of anilines is 1. The molecule has 4 rings (SSSR count). The highest BCUT2D eigenvalue weighted by molar-refractivity contribution is 5.91. The molecule has 1 amide bonds. The maximum atomic E-state index is 13.0. The van der Waals surface area contributed by atoms with Crippen LogP contribution in [0.2, 0.25) is 0 Å². The largest absolute Gasteiger partial charge is 0.479 e. The summed E-state index contributed by atoms with van der Waals surface area (Å²) in [7, 11) is 3.41. The monoisotopic (exact) mass is 449 g/mol. The quantitative estimate of drug-likeness (QED) is 0.447. The molecule has 0 bridgehead atoms. The number of rotatable bonds is 7. The molecule has 0 radical (unpaired) electrons. The molecule has 0 fully saturated rings. The zero-order valence-electron chi connectivity index (χ0n) is 18.8. The Bertz CT molecular complexity index is 1300. The van der Waals surface area contributed by atoms with Crippen LogP contribution in [0.5, 0.6) is 17.5 Å². The molecule has 0 spiro atoms. The van der Waals surface area contributed by atoms with E-state index in [1.165, 1.54) is 30.5 Å². The summed E-state index contributed by atoms with van der Waals surface area (Å²) in [6.07, 6.45) is 2.33. The van der Waals surface area contributed by atoms with Gasteiger partial charge in [-0.1, -0.05) is 0 Å². The molecular weight excluding hydrogens is 425 g/mol. The van der Waals surface area contributed by atoms with Gasteiger partial charge < -0.3 is 14.8 Å². The van der Waals surface area contributed by atoms with E-state index in [0.29, 0.717) is 29.6 Å². The number of benzene rings is 1. The van der Waals surface area contributed by atoms with Crippen molar-refractivity contribution in [3.05, 3.63) is 65.2 Å². The number of halogens is 1. The van der Waals surface area contributed by atoms with E-state index in [-0.39, 0.29) is 18.1 Å². The minimum absolute atomic E-state index is 0.138. The second-order valence-electron chi connectivity index (χ2n) is 7.62. The van der Waals surface area contributed by atoms with Gasteiger partial charge in [0.1, 0.15) is 11.6 Å². The Morgan fingerprint density at radius 2 is 1.91 bits per heavy atom. The van der Waals surface area contributed by atoms with Crippen molar-refractivity contribution in [1.82, 2.24) is 19.7 Å². The second-order valence-corrected chi connectivity index (χ2v) is 7.62. The van der Waals surface area contributed by atoms with Crippen LogP contribution in [-0.2, 0) is 18.3 Å². The third kappa shape index (κ3) is 4.77. The number of fused-ring (bicyclic) bond motifs is 1. The van der Waals surface area contributed by atoms with Gasteiger partial charge in [0.15, 0.2) is 5.65 Å². The van der Waals surface area contributed by atoms with Crippen molar-refractivity contribution >= 4 is 22.6 Å². The number of ether oxygens (including phenoxy) is 2. The van der Waals surface area contributed by atoms with Gasteiger partial charge in [0.25, 0.3) is 0 Å². The predicted molar refractivity (Wildman–Crippen MR) is 122 cm³/mol. The van der Waals surface area contributed by atoms with Crippen molar-refractivity contribution in [3.8, 4) is 17.5 Å². The minimum atomic E-state index is -0.339. The molecule has 8 nitrogen and oxygen atoms in total. The van der Waals surface area contributed by atoms with Crippen LogP contribution in [0.3, 0.4) is 0 Å². The zero-order valence-corrected chi connectivity index (χ0v) is 18.8. The number of aryl methyl sites for hydroxylation is 3. The highest BCUT2D eigenvalue weighted by Crippen LogP contribution is 2.30. The molecule has 0 saturated heterocycles. The summed E-state index contributed by atoms with van der Waals surface area (Å²) in [5, 5.41) is 8.07. The van der Waals surface area contributed by atoms with Crippen molar-refractivity contribution in [2.45, 2.75) is 26.7 Å². The van der Waals surface area contributed by atoms with E-state index < -0.39 is 0 Å². The lowest BCUT2D eigenvalue weighted by molar-refractivity contribution is -0.116. The average molecular weight is 449 g/mol. The second kappa shape index (κ2) is 9.23. The van der Waals surface area contributed by atoms with Crippen molar-refractivity contribution in [2.75, 3.05) is 12.4 Å². The first-order chi connectivity index (χ1) is 15.9. The number of pyridine rings is 2. The minimum Gasteiger partial charge on any atom is -0.479 e. The number of nitrogens with zero attached hydrogens (tertiary/aromatic N) is 4. The van der Waals surface area contributed by atoms with Crippen LogP contribution < -0.4 is 14.8 Å². The SMILES string of the molecule is COc1nn(C)c2nc(C)c(CCC(=O)Nc3ccc(Oc4ccc(F)cc4)nc3)c(C)c12. The van der Waals surface area contributed by atoms with E-state index in [1.54, 1.807) is 23.9 Å². The molecule has 0 aliphatic rings. The molecule has 9 heteroatoms. The maximum absolute atomic E-state index is 13.0. The lowest BCUT2D eigenvalue weighted by atomic mass is 10.00. The fraction of sp³-hybridized carbons (Fsp3) is 0.250. The Morgan fingerprint density at radius 3 is 2.58 bits per heavy atom. The molecule has 4 aromatic rings. The van der Waals surface area contributed by atoms with E-state index in [0.717, 1.165) is 27.9 Å². The number of hydrogen-bond acceptors (Lipinski definition) is 6. The number of carbonyl (C=O) groups is 1. The van der Waals surface area contributed by atoms with Gasteiger partial charge in [-0.3, -0.25) is 4.79 Å². The molecule has 0 unspecified atom stereocenters. The first kappa shape index (κ1) is 22.2. The van der Waals surface area contributed by atoms with Gasteiger partial charge in [0.2, 0.25) is 17.7 Å². The summed E-state index contributed by atoms with van der Waals surface area (Å²) in [5.74, 6) is 0.866. The summed E-state index contributed by atoms with van der Waals surface area (Å²) >= 11 is 0. The number of nitrogens with one attached hydrogen (secondary N) is 1. The topological polar surface area (TPSA) is 91.2 Å². The number of methoxy groups -OCH3 is 1. The molecule has 33 heavy (non-hydrogen) atoms. The third-order valence-corrected chi connectivity index (χ3v) is 5.37. The first-order valence-electron chi connectivity index (χ1n) is 10.4. The summed E-state index contributed by atoms with van der Waals surface area (Å²) in [5.41, 5.74) is 4.19. The highest BCUT2D eigenvalue weighted by atomic mass is 19.1. The third-order valence-electron chi connectivity index (χ3n) is 5.37. The fourth-order valence-electron chi connectivity index (χ4n) is 3.71. The van der Waals surface area contributed by atoms with E-state index in [9.17, 15) is 9.18 Å². The maximum Gasteiger partial charge on any atom is 0.242 e. The van der Waals surface area contributed by atoms with Crippen LogP contribution in [-0.4, -0.2) is 32.8 Å². The molecule has 0 aliphatic carbocycles. The first-order valence-corrected chi connectivity index (χ1v) is 10.4. The van der Waals surface area contributed by atoms with E-state index in [4.69, 9.17) is 9.47 Å². The molecule has 0 aliphatic heterocycles. The molecule has 170 valence electrons. The molecule has 3 heterocycles. The Balaban J connectivity index is 1.40. The van der Waals surface area contributed by atoms with Gasteiger partial charge in [-0.2, -0.15) is 0 Å². The van der Waals surface area contributed by atoms with Crippen molar-refractivity contribution in [3.63, 3.8) is 0 Å². The molecule has 1 N–H and O–H groups in total. The Labute approximate surface area is 190 Å². The summed E-state index contributed by atoms with van der Waals surface area (Å²) in [4.78, 5) is 21.4. The Kier molecular flexibility index (Phi) is 6.21. The number of carbonyl (C=O) groups excluding carboxylic acids is 1. The highest BCUT2D eigenvalue weighted by Gasteiger charge is 2.18. The summed E-state index contributed by atoms with van der Waals surface area (Å²) in [6.45, 7) is 3.93. The normalized spacial score (nSPS) is 10.9. The van der Waals surface area contributed by atoms with Crippen LogP contribution in [0.1, 0.15) is 23.2 Å². The van der Waals surface area contributed by atoms with Gasteiger partial charge in [-0.25, -0.2) is 19.0 Å². The van der Waals surface area contributed by atoms with Gasteiger partial charge in [0, 0.05) is 25.2 Å². The Hall–Kier alpha value is -4.01. The van der Waals surface area contributed by atoms with Gasteiger partial charge in [-0.15, -0.1) is 5.10 Å². The van der Waals surface area contributed by atoms with Crippen LogP contribution >= 0.6 is 0 Å². The van der Waals surface area contributed by atoms with E-state index >= 15 is 0 Å². The number of aromatic nitrogens is 4. The van der Waals surface area contributed by atoms with Crippen LogP contribution in [0.4, 0.5) is 10.1 Å². The van der Waals surface area contributed by atoms with Gasteiger partial charge in [-0.05, 0) is 61.7 Å². The number of amides is 1.